The van der Waals surface area contributed by atoms with Crippen LogP contribution in [0.1, 0.15) is 46.1 Å². The first kappa shape index (κ1) is 20.5. The van der Waals surface area contributed by atoms with Gasteiger partial charge in [-0.15, -0.1) is 0 Å². The zero-order valence-corrected chi connectivity index (χ0v) is 15.4. The van der Waals surface area contributed by atoms with E-state index in [2.05, 4.69) is 22.8 Å². The van der Waals surface area contributed by atoms with E-state index in [0.717, 1.165) is 19.4 Å². The molecule has 24 heavy (non-hydrogen) atoms. The maximum Gasteiger partial charge on any atom is 0.407 e. The van der Waals surface area contributed by atoms with Crippen LogP contribution in [-0.2, 0) is 11.2 Å². The van der Waals surface area contributed by atoms with Gasteiger partial charge in [0.1, 0.15) is 5.60 Å². The maximum atomic E-state index is 11.5. The first-order chi connectivity index (χ1) is 11.2. The van der Waals surface area contributed by atoms with E-state index in [9.17, 15) is 9.90 Å². The molecule has 1 aromatic rings. The molecule has 0 aliphatic rings. The molecule has 0 spiro atoms. The monoisotopic (exact) mass is 336 g/mol. The second-order valence-corrected chi connectivity index (χ2v) is 7.44. The largest absolute Gasteiger partial charge is 0.444 e. The number of alkyl carbamates (subject to hydrolysis) is 1. The third-order valence-corrected chi connectivity index (χ3v) is 3.50. The highest BCUT2D eigenvalue weighted by Crippen LogP contribution is 2.13. The number of aryl methyl sites for hydroxylation is 1. The highest BCUT2D eigenvalue weighted by Gasteiger charge is 2.19. The van der Waals surface area contributed by atoms with Crippen molar-refractivity contribution < 1.29 is 14.6 Å². The van der Waals surface area contributed by atoms with Crippen LogP contribution < -0.4 is 10.6 Å². The summed E-state index contributed by atoms with van der Waals surface area (Å²) in [6.07, 6.45) is 1.96. The minimum Gasteiger partial charge on any atom is -0.444 e. The van der Waals surface area contributed by atoms with Gasteiger partial charge >= 0.3 is 6.09 Å². The van der Waals surface area contributed by atoms with E-state index in [1.54, 1.807) is 0 Å². The molecule has 1 unspecified atom stereocenters. The molecule has 5 heteroatoms. The summed E-state index contributed by atoms with van der Waals surface area (Å²) in [7, 11) is 0. The Morgan fingerprint density at radius 3 is 2.42 bits per heavy atom. The second kappa shape index (κ2) is 9.64. The number of nitrogens with one attached hydrogen (secondary N) is 2. The summed E-state index contributed by atoms with van der Waals surface area (Å²) in [5.74, 6) is 0. The lowest BCUT2D eigenvalue weighted by molar-refractivity contribution is 0.0495. The molecule has 0 fully saturated rings. The lowest BCUT2D eigenvalue weighted by Gasteiger charge is -2.24. The molecular weight excluding hydrogens is 304 g/mol. The van der Waals surface area contributed by atoms with Crippen LogP contribution in [0.15, 0.2) is 30.3 Å². The van der Waals surface area contributed by atoms with E-state index in [-0.39, 0.29) is 0 Å². The Morgan fingerprint density at radius 1 is 1.12 bits per heavy atom. The van der Waals surface area contributed by atoms with E-state index >= 15 is 0 Å². The van der Waals surface area contributed by atoms with Crippen LogP contribution in [0.4, 0.5) is 4.79 Å². The van der Waals surface area contributed by atoms with Crippen LogP contribution in [0, 0.1) is 0 Å². The fraction of sp³-hybridized carbons (Fsp3) is 0.632. The van der Waals surface area contributed by atoms with Crippen LogP contribution in [-0.4, -0.2) is 42.0 Å². The molecular formula is C19H32N2O3. The third kappa shape index (κ3) is 10.2. The average Bonchev–Trinajstić information content (AvgIpc) is 2.48. The van der Waals surface area contributed by atoms with Crippen molar-refractivity contribution in [2.45, 2.75) is 58.2 Å². The van der Waals surface area contributed by atoms with Gasteiger partial charge in [-0.2, -0.15) is 0 Å². The molecule has 1 atom stereocenters. The lowest BCUT2D eigenvalue weighted by atomic mass is 9.97. The summed E-state index contributed by atoms with van der Waals surface area (Å²) < 4.78 is 5.16. The molecule has 0 aromatic heterocycles. The van der Waals surface area contributed by atoms with Gasteiger partial charge in [-0.3, -0.25) is 0 Å². The van der Waals surface area contributed by atoms with Crippen LogP contribution in [0.2, 0.25) is 0 Å². The van der Waals surface area contributed by atoms with E-state index in [0.29, 0.717) is 19.5 Å². The highest BCUT2D eigenvalue weighted by atomic mass is 16.6. The van der Waals surface area contributed by atoms with Crippen molar-refractivity contribution in [1.29, 1.82) is 0 Å². The predicted molar refractivity (Wildman–Crippen MR) is 97.1 cm³/mol. The van der Waals surface area contributed by atoms with Crippen molar-refractivity contribution in [1.82, 2.24) is 10.6 Å². The summed E-state index contributed by atoms with van der Waals surface area (Å²) in [6.45, 7) is 9.18. The summed E-state index contributed by atoms with van der Waals surface area (Å²) >= 11 is 0. The van der Waals surface area contributed by atoms with E-state index in [1.165, 1.54) is 5.56 Å². The van der Waals surface area contributed by atoms with Gasteiger partial charge in [0.25, 0.3) is 0 Å². The summed E-state index contributed by atoms with van der Waals surface area (Å²) in [4.78, 5) is 11.5. The van der Waals surface area contributed by atoms with Crippen LogP contribution in [0.5, 0.6) is 0 Å². The van der Waals surface area contributed by atoms with Crippen molar-refractivity contribution in [2.75, 3.05) is 19.6 Å². The minimum atomic E-state index is -0.742. The average molecular weight is 336 g/mol. The molecule has 0 heterocycles. The van der Waals surface area contributed by atoms with Crippen molar-refractivity contribution in [3.05, 3.63) is 35.9 Å². The number of carbonyl (C=O) groups excluding carboxylic acids is 1. The quantitative estimate of drug-likeness (QED) is 0.607. The van der Waals surface area contributed by atoms with Crippen molar-refractivity contribution in [2.24, 2.45) is 0 Å². The predicted octanol–water partition coefficient (Wildman–Crippen LogP) is 2.87. The zero-order valence-electron chi connectivity index (χ0n) is 15.4. The Bertz CT molecular complexity index is 481. The van der Waals surface area contributed by atoms with Crippen molar-refractivity contribution >= 4 is 6.09 Å². The standard InChI is InChI=1S/C19H32N2O3/c1-18(2,3)24-17(22)21-14-8-13-20-15-19(4,23)12-11-16-9-6-5-7-10-16/h5-7,9-10,20,23H,8,11-15H2,1-4H3,(H,21,22). The molecule has 3 N–H and O–H groups in total. The number of carbonyl (C=O) groups is 1. The number of rotatable bonds is 9. The van der Waals surface area contributed by atoms with Gasteiger partial charge in [0, 0.05) is 13.1 Å². The van der Waals surface area contributed by atoms with E-state index in [4.69, 9.17) is 4.74 Å². The van der Waals surface area contributed by atoms with Gasteiger partial charge in [0.05, 0.1) is 5.60 Å². The maximum absolute atomic E-state index is 11.5. The number of hydrogen-bond acceptors (Lipinski definition) is 4. The number of amides is 1. The number of ether oxygens (including phenoxy) is 1. The highest BCUT2D eigenvalue weighted by molar-refractivity contribution is 5.67. The Balaban J connectivity index is 2.10. The Hall–Kier alpha value is -1.59. The fourth-order valence-corrected chi connectivity index (χ4v) is 2.22. The van der Waals surface area contributed by atoms with Crippen LogP contribution in [0.3, 0.4) is 0 Å². The number of hydrogen-bond donors (Lipinski definition) is 3. The Labute approximate surface area is 145 Å². The SMILES string of the molecule is CC(O)(CCc1ccccc1)CNCCCNC(=O)OC(C)(C)C. The molecule has 1 rings (SSSR count). The molecule has 0 saturated carbocycles. The summed E-state index contributed by atoms with van der Waals surface area (Å²) in [5, 5.41) is 16.4. The fourth-order valence-electron chi connectivity index (χ4n) is 2.22. The Kier molecular flexibility index (Phi) is 8.22. The first-order valence-electron chi connectivity index (χ1n) is 8.62. The summed E-state index contributed by atoms with van der Waals surface area (Å²) in [6, 6.07) is 10.2. The van der Waals surface area contributed by atoms with Gasteiger partial charge in [-0.1, -0.05) is 30.3 Å². The van der Waals surface area contributed by atoms with Crippen molar-refractivity contribution in [3.8, 4) is 0 Å². The normalized spacial score (nSPS) is 14.0. The summed E-state index contributed by atoms with van der Waals surface area (Å²) in [5.41, 5.74) is 0.0214. The topological polar surface area (TPSA) is 70.6 Å². The molecule has 136 valence electrons. The van der Waals surface area contributed by atoms with Crippen LogP contribution in [0.25, 0.3) is 0 Å². The molecule has 0 radical (unpaired) electrons. The van der Waals surface area contributed by atoms with Gasteiger partial charge in [0.15, 0.2) is 0 Å². The zero-order chi connectivity index (χ0) is 18.1. The van der Waals surface area contributed by atoms with Crippen molar-refractivity contribution in [3.63, 3.8) is 0 Å². The smallest absolute Gasteiger partial charge is 0.407 e. The molecule has 0 aliphatic carbocycles. The molecule has 1 aromatic carbocycles. The molecule has 0 aliphatic heterocycles. The number of aliphatic hydroxyl groups is 1. The van der Waals surface area contributed by atoms with E-state index in [1.807, 2.05) is 45.9 Å². The molecule has 0 saturated heterocycles. The van der Waals surface area contributed by atoms with Gasteiger partial charge < -0.3 is 20.5 Å². The molecule has 1 amide bonds. The number of benzene rings is 1. The lowest BCUT2D eigenvalue weighted by Crippen LogP contribution is -2.39. The van der Waals surface area contributed by atoms with Crippen LogP contribution >= 0.6 is 0 Å². The third-order valence-electron chi connectivity index (χ3n) is 3.50. The second-order valence-electron chi connectivity index (χ2n) is 7.44. The molecule has 0 bridgehead atoms. The van der Waals surface area contributed by atoms with Gasteiger partial charge in [-0.25, -0.2) is 4.79 Å². The first-order valence-corrected chi connectivity index (χ1v) is 8.62. The minimum absolute atomic E-state index is 0.391. The Morgan fingerprint density at radius 2 is 1.79 bits per heavy atom. The molecule has 5 nitrogen and oxygen atoms in total. The van der Waals surface area contributed by atoms with E-state index < -0.39 is 17.3 Å². The van der Waals surface area contributed by atoms with Gasteiger partial charge in [-0.05, 0) is 59.1 Å². The van der Waals surface area contributed by atoms with Gasteiger partial charge in [0.2, 0.25) is 0 Å².